The molecular weight excluding hydrogens is 158 g/mol. The normalized spacial score (nSPS) is 15.2. The zero-order chi connectivity index (χ0) is 9.42. The van der Waals surface area contributed by atoms with Crippen molar-refractivity contribution >= 4 is 11.4 Å². The Hall–Kier alpha value is -1.11. The molecule has 0 unspecified atom stereocenters. The first-order valence-electron chi connectivity index (χ1n) is 4.81. The van der Waals surface area contributed by atoms with Gasteiger partial charge in [-0.1, -0.05) is 6.07 Å². The minimum atomic E-state index is 1.12. The summed E-state index contributed by atoms with van der Waals surface area (Å²) in [6, 6.07) is 4.48. The summed E-state index contributed by atoms with van der Waals surface area (Å²) in [4.78, 5) is 4.56. The molecule has 0 saturated heterocycles. The molecule has 0 aliphatic carbocycles. The third-order valence-corrected chi connectivity index (χ3v) is 2.76. The van der Waals surface area contributed by atoms with Crippen molar-refractivity contribution in [1.29, 1.82) is 0 Å². The lowest BCUT2D eigenvalue weighted by atomic mass is 9.97. The number of nitrogens with zero attached hydrogens (tertiary/aromatic N) is 1. The van der Waals surface area contributed by atoms with Gasteiger partial charge < -0.3 is 0 Å². The molecule has 0 amide bonds. The van der Waals surface area contributed by atoms with Crippen LogP contribution < -0.4 is 0 Å². The van der Waals surface area contributed by atoms with Crippen LogP contribution in [0.3, 0.4) is 0 Å². The van der Waals surface area contributed by atoms with Crippen LogP contribution in [0, 0.1) is 13.8 Å². The Morgan fingerprint density at radius 3 is 2.46 bits per heavy atom. The van der Waals surface area contributed by atoms with Crippen molar-refractivity contribution in [3.05, 3.63) is 28.8 Å². The second kappa shape index (κ2) is 2.99. The molecule has 2 rings (SSSR count). The second-order valence-electron chi connectivity index (χ2n) is 3.91. The predicted octanol–water partition coefficient (Wildman–Crippen LogP) is 3.34. The van der Waals surface area contributed by atoms with Gasteiger partial charge in [0.15, 0.2) is 0 Å². The standard InChI is InChI=1S/C12H15N/c1-8-6-11-5-4-10(3)13-12(11)7-9(8)2/h6-7H,4-5H2,1-3H3. The van der Waals surface area contributed by atoms with Gasteiger partial charge in [0.05, 0.1) is 5.69 Å². The molecule has 0 spiro atoms. The Labute approximate surface area is 79.5 Å². The highest BCUT2D eigenvalue weighted by atomic mass is 14.8. The van der Waals surface area contributed by atoms with Crippen LogP contribution in [0.2, 0.25) is 0 Å². The largest absolute Gasteiger partial charge is 0.258 e. The molecule has 13 heavy (non-hydrogen) atoms. The Morgan fingerprint density at radius 1 is 1.00 bits per heavy atom. The third kappa shape index (κ3) is 1.51. The van der Waals surface area contributed by atoms with E-state index in [4.69, 9.17) is 0 Å². The van der Waals surface area contributed by atoms with Crippen molar-refractivity contribution in [2.45, 2.75) is 33.6 Å². The maximum absolute atomic E-state index is 4.56. The Kier molecular flexibility index (Phi) is 1.95. The summed E-state index contributed by atoms with van der Waals surface area (Å²) in [6.07, 6.45) is 2.28. The van der Waals surface area contributed by atoms with Gasteiger partial charge in [-0.25, -0.2) is 0 Å². The summed E-state index contributed by atoms with van der Waals surface area (Å²) in [6.45, 7) is 6.42. The van der Waals surface area contributed by atoms with E-state index in [0.717, 1.165) is 12.8 Å². The quantitative estimate of drug-likeness (QED) is 0.570. The molecule has 1 nitrogen and oxygen atoms in total. The van der Waals surface area contributed by atoms with E-state index in [-0.39, 0.29) is 0 Å². The molecule has 1 heteroatoms. The average Bonchev–Trinajstić information content (AvgIpc) is 2.08. The van der Waals surface area contributed by atoms with E-state index in [1.165, 1.54) is 28.1 Å². The SMILES string of the molecule is CC1=Nc2cc(C)c(C)cc2CC1. The Balaban J connectivity index is 2.57. The lowest BCUT2D eigenvalue weighted by molar-refractivity contribution is 0.995. The summed E-state index contributed by atoms with van der Waals surface area (Å²) >= 11 is 0. The van der Waals surface area contributed by atoms with Crippen LogP contribution >= 0.6 is 0 Å². The Bertz CT molecular complexity index is 375. The van der Waals surface area contributed by atoms with E-state index in [9.17, 15) is 0 Å². The monoisotopic (exact) mass is 173 g/mol. The van der Waals surface area contributed by atoms with Gasteiger partial charge in [-0.15, -0.1) is 0 Å². The zero-order valence-corrected chi connectivity index (χ0v) is 8.52. The van der Waals surface area contributed by atoms with E-state index < -0.39 is 0 Å². The van der Waals surface area contributed by atoms with E-state index in [2.05, 4.69) is 37.9 Å². The van der Waals surface area contributed by atoms with Gasteiger partial charge in [0.25, 0.3) is 0 Å². The van der Waals surface area contributed by atoms with Gasteiger partial charge in [-0.3, -0.25) is 4.99 Å². The van der Waals surface area contributed by atoms with E-state index in [0.29, 0.717) is 0 Å². The molecule has 0 N–H and O–H groups in total. The molecule has 1 heterocycles. The molecule has 0 saturated carbocycles. The van der Waals surface area contributed by atoms with E-state index in [1.807, 2.05) is 0 Å². The van der Waals surface area contributed by atoms with Gasteiger partial charge in [-0.2, -0.15) is 0 Å². The number of aliphatic imine (C=N–C) groups is 1. The summed E-state index contributed by atoms with van der Waals surface area (Å²) in [5.41, 5.74) is 6.59. The molecule has 0 atom stereocenters. The molecule has 1 aliphatic heterocycles. The van der Waals surface area contributed by atoms with E-state index in [1.54, 1.807) is 0 Å². The fourth-order valence-corrected chi connectivity index (χ4v) is 1.74. The van der Waals surface area contributed by atoms with Crippen molar-refractivity contribution in [2.75, 3.05) is 0 Å². The molecule has 68 valence electrons. The maximum atomic E-state index is 4.56. The van der Waals surface area contributed by atoms with Crippen LogP contribution in [-0.4, -0.2) is 5.71 Å². The van der Waals surface area contributed by atoms with Crippen LogP contribution in [0.1, 0.15) is 30.0 Å². The fourth-order valence-electron chi connectivity index (χ4n) is 1.74. The molecule has 1 aromatic carbocycles. The third-order valence-electron chi connectivity index (χ3n) is 2.76. The summed E-state index contributed by atoms with van der Waals surface area (Å²) in [5.74, 6) is 0. The molecule has 0 fully saturated rings. The minimum Gasteiger partial charge on any atom is -0.258 e. The van der Waals surface area contributed by atoms with Gasteiger partial charge in [0.1, 0.15) is 0 Å². The minimum absolute atomic E-state index is 1.12. The maximum Gasteiger partial charge on any atom is 0.0663 e. The fraction of sp³-hybridized carbons (Fsp3) is 0.417. The van der Waals surface area contributed by atoms with Gasteiger partial charge in [-0.05, 0) is 56.4 Å². The summed E-state index contributed by atoms with van der Waals surface area (Å²) in [7, 11) is 0. The summed E-state index contributed by atoms with van der Waals surface area (Å²) < 4.78 is 0. The number of hydrogen-bond acceptors (Lipinski definition) is 1. The first-order chi connectivity index (χ1) is 6.16. The number of rotatable bonds is 0. The van der Waals surface area contributed by atoms with Crippen molar-refractivity contribution in [3.63, 3.8) is 0 Å². The van der Waals surface area contributed by atoms with Crippen molar-refractivity contribution in [2.24, 2.45) is 4.99 Å². The number of benzene rings is 1. The molecule has 1 aliphatic rings. The van der Waals surface area contributed by atoms with Crippen LogP contribution in [0.25, 0.3) is 0 Å². The van der Waals surface area contributed by atoms with Crippen LogP contribution in [0.15, 0.2) is 17.1 Å². The molecule has 0 bridgehead atoms. The highest BCUT2D eigenvalue weighted by molar-refractivity contribution is 5.87. The highest BCUT2D eigenvalue weighted by Crippen LogP contribution is 2.28. The number of fused-ring (bicyclic) bond motifs is 1. The van der Waals surface area contributed by atoms with E-state index >= 15 is 0 Å². The lowest BCUT2D eigenvalue weighted by Gasteiger charge is -2.14. The second-order valence-corrected chi connectivity index (χ2v) is 3.91. The Morgan fingerprint density at radius 2 is 1.69 bits per heavy atom. The van der Waals surface area contributed by atoms with Gasteiger partial charge >= 0.3 is 0 Å². The smallest absolute Gasteiger partial charge is 0.0663 e. The van der Waals surface area contributed by atoms with Crippen LogP contribution in [0.4, 0.5) is 5.69 Å². The van der Waals surface area contributed by atoms with Crippen molar-refractivity contribution in [1.82, 2.24) is 0 Å². The first kappa shape index (κ1) is 8.49. The van der Waals surface area contributed by atoms with Crippen LogP contribution in [-0.2, 0) is 6.42 Å². The zero-order valence-electron chi connectivity index (χ0n) is 8.52. The molecule has 1 aromatic rings. The number of hydrogen-bond donors (Lipinski definition) is 0. The van der Waals surface area contributed by atoms with Crippen molar-refractivity contribution in [3.8, 4) is 0 Å². The topological polar surface area (TPSA) is 12.4 Å². The first-order valence-corrected chi connectivity index (χ1v) is 4.81. The summed E-state index contributed by atoms with van der Waals surface area (Å²) in [5, 5.41) is 0. The number of aryl methyl sites for hydroxylation is 3. The predicted molar refractivity (Wildman–Crippen MR) is 57.0 cm³/mol. The van der Waals surface area contributed by atoms with Crippen LogP contribution in [0.5, 0.6) is 0 Å². The molecule has 0 aromatic heterocycles. The molecule has 0 radical (unpaired) electrons. The van der Waals surface area contributed by atoms with Gasteiger partial charge in [0, 0.05) is 5.71 Å². The van der Waals surface area contributed by atoms with Crippen molar-refractivity contribution < 1.29 is 0 Å². The average molecular weight is 173 g/mol. The highest BCUT2D eigenvalue weighted by Gasteiger charge is 2.09. The molecular formula is C12H15N. The lowest BCUT2D eigenvalue weighted by Crippen LogP contribution is -2.02. The van der Waals surface area contributed by atoms with Gasteiger partial charge in [0.2, 0.25) is 0 Å².